The average molecular weight is 347 g/mol. The summed E-state index contributed by atoms with van der Waals surface area (Å²) in [5, 5.41) is 2.88. The van der Waals surface area contributed by atoms with E-state index in [1.54, 1.807) is 18.2 Å². The molecule has 0 atom stereocenters. The molecule has 0 radical (unpaired) electrons. The SMILES string of the molecule is CC(C)(C)c1ccc(NC(=O)c2cc(N)cc(Br)c2)cc1. The molecule has 0 bridgehead atoms. The second-order valence-corrected chi connectivity index (χ2v) is 6.97. The van der Waals surface area contributed by atoms with E-state index in [0.29, 0.717) is 11.3 Å². The second-order valence-electron chi connectivity index (χ2n) is 6.05. The van der Waals surface area contributed by atoms with Crippen molar-refractivity contribution in [1.82, 2.24) is 0 Å². The van der Waals surface area contributed by atoms with Gasteiger partial charge in [0.25, 0.3) is 5.91 Å². The number of nitrogens with one attached hydrogen (secondary N) is 1. The average Bonchev–Trinajstić information content (AvgIpc) is 2.37. The van der Waals surface area contributed by atoms with Gasteiger partial charge >= 0.3 is 0 Å². The van der Waals surface area contributed by atoms with Crippen LogP contribution in [0.5, 0.6) is 0 Å². The smallest absolute Gasteiger partial charge is 0.255 e. The Morgan fingerprint density at radius 3 is 2.24 bits per heavy atom. The molecule has 0 aliphatic carbocycles. The lowest BCUT2D eigenvalue weighted by Crippen LogP contribution is -2.14. The van der Waals surface area contributed by atoms with E-state index in [0.717, 1.165) is 10.2 Å². The standard InChI is InChI=1S/C17H19BrN2O/c1-17(2,3)12-4-6-15(7-5-12)20-16(21)11-8-13(18)10-14(19)9-11/h4-10H,19H2,1-3H3,(H,20,21). The maximum absolute atomic E-state index is 12.2. The van der Waals surface area contributed by atoms with Crippen molar-refractivity contribution in [1.29, 1.82) is 0 Å². The number of carbonyl (C=O) groups excluding carboxylic acids is 1. The fraction of sp³-hybridized carbons (Fsp3) is 0.235. The van der Waals surface area contributed by atoms with Gasteiger partial charge in [-0.25, -0.2) is 0 Å². The van der Waals surface area contributed by atoms with Gasteiger partial charge in [0.05, 0.1) is 0 Å². The molecule has 3 N–H and O–H groups in total. The first-order valence-corrected chi connectivity index (χ1v) is 7.53. The first-order chi connectivity index (χ1) is 9.75. The molecule has 0 aliphatic heterocycles. The quantitative estimate of drug-likeness (QED) is 0.781. The van der Waals surface area contributed by atoms with Crippen LogP contribution in [-0.4, -0.2) is 5.91 Å². The van der Waals surface area contributed by atoms with E-state index in [1.165, 1.54) is 5.56 Å². The van der Waals surface area contributed by atoms with Crippen LogP contribution >= 0.6 is 15.9 Å². The molecule has 3 nitrogen and oxygen atoms in total. The predicted molar refractivity (Wildman–Crippen MR) is 91.6 cm³/mol. The molecular weight excluding hydrogens is 328 g/mol. The predicted octanol–water partition coefficient (Wildman–Crippen LogP) is 4.58. The number of benzene rings is 2. The number of amides is 1. The van der Waals surface area contributed by atoms with E-state index >= 15 is 0 Å². The van der Waals surface area contributed by atoms with Crippen LogP contribution in [0, 0.1) is 0 Å². The van der Waals surface area contributed by atoms with Crippen LogP contribution in [-0.2, 0) is 5.41 Å². The summed E-state index contributed by atoms with van der Waals surface area (Å²) in [7, 11) is 0. The number of carbonyl (C=O) groups is 1. The Bertz CT molecular complexity index is 637. The third-order valence-corrected chi connectivity index (χ3v) is 3.65. The molecule has 2 aromatic carbocycles. The van der Waals surface area contributed by atoms with Crippen molar-refractivity contribution < 1.29 is 4.79 Å². The van der Waals surface area contributed by atoms with Gasteiger partial charge in [-0.3, -0.25) is 4.79 Å². The number of hydrogen-bond acceptors (Lipinski definition) is 2. The molecule has 0 aliphatic rings. The maximum atomic E-state index is 12.2. The monoisotopic (exact) mass is 346 g/mol. The molecular formula is C17H19BrN2O. The van der Waals surface area contributed by atoms with Crippen LogP contribution in [0.3, 0.4) is 0 Å². The molecule has 0 unspecified atom stereocenters. The number of anilines is 2. The summed E-state index contributed by atoms with van der Waals surface area (Å²) in [6, 6.07) is 13.1. The molecule has 0 heterocycles. The molecule has 1 amide bonds. The number of halogens is 1. The van der Waals surface area contributed by atoms with E-state index in [2.05, 4.69) is 42.0 Å². The maximum Gasteiger partial charge on any atom is 0.255 e. The molecule has 0 aromatic heterocycles. The van der Waals surface area contributed by atoms with Gasteiger partial charge in [0, 0.05) is 21.4 Å². The summed E-state index contributed by atoms with van der Waals surface area (Å²) in [6.45, 7) is 6.47. The first kappa shape index (κ1) is 15.6. The highest BCUT2D eigenvalue weighted by atomic mass is 79.9. The highest BCUT2D eigenvalue weighted by molar-refractivity contribution is 9.10. The normalized spacial score (nSPS) is 11.2. The van der Waals surface area contributed by atoms with Gasteiger partial charge in [0.15, 0.2) is 0 Å². The Labute approximate surface area is 133 Å². The molecule has 2 aromatic rings. The van der Waals surface area contributed by atoms with Gasteiger partial charge < -0.3 is 11.1 Å². The summed E-state index contributed by atoms with van der Waals surface area (Å²) < 4.78 is 0.788. The molecule has 2 rings (SSSR count). The Morgan fingerprint density at radius 1 is 1.10 bits per heavy atom. The fourth-order valence-electron chi connectivity index (χ4n) is 2.00. The van der Waals surface area contributed by atoms with Crippen LogP contribution < -0.4 is 11.1 Å². The van der Waals surface area contributed by atoms with Crippen molar-refractivity contribution in [3.8, 4) is 0 Å². The van der Waals surface area contributed by atoms with E-state index in [9.17, 15) is 4.79 Å². The molecule has 0 saturated carbocycles. The Kier molecular flexibility index (Phi) is 4.37. The highest BCUT2D eigenvalue weighted by Crippen LogP contribution is 2.24. The summed E-state index contributed by atoms with van der Waals surface area (Å²) >= 11 is 3.34. The van der Waals surface area contributed by atoms with Gasteiger partial charge in [-0.1, -0.05) is 48.8 Å². The van der Waals surface area contributed by atoms with E-state index in [1.807, 2.05) is 24.3 Å². The minimum Gasteiger partial charge on any atom is -0.399 e. The van der Waals surface area contributed by atoms with Gasteiger partial charge in [0.2, 0.25) is 0 Å². The lowest BCUT2D eigenvalue weighted by molar-refractivity contribution is 0.102. The number of nitrogens with two attached hydrogens (primary N) is 1. The van der Waals surface area contributed by atoms with Gasteiger partial charge in [-0.2, -0.15) is 0 Å². The van der Waals surface area contributed by atoms with Gasteiger partial charge in [-0.15, -0.1) is 0 Å². The molecule has 0 saturated heterocycles. The van der Waals surface area contributed by atoms with Crippen LogP contribution in [0.25, 0.3) is 0 Å². The van der Waals surface area contributed by atoms with Crippen molar-refractivity contribution in [3.63, 3.8) is 0 Å². The summed E-state index contributed by atoms with van der Waals surface area (Å²) in [5.41, 5.74) is 8.93. The highest BCUT2D eigenvalue weighted by Gasteiger charge is 2.13. The minimum atomic E-state index is -0.175. The number of rotatable bonds is 2. The zero-order valence-corrected chi connectivity index (χ0v) is 14.0. The van der Waals surface area contributed by atoms with Gasteiger partial charge in [-0.05, 0) is 41.3 Å². The minimum absolute atomic E-state index is 0.0985. The Balaban J connectivity index is 2.16. The van der Waals surface area contributed by atoms with Crippen molar-refractivity contribution in [2.45, 2.75) is 26.2 Å². The van der Waals surface area contributed by atoms with Crippen LogP contribution in [0.4, 0.5) is 11.4 Å². The number of hydrogen-bond donors (Lipinski definition) is 2. The molecule has 4 heteroatoms. The Hall–Kier alpha value is -1.81. The van der Waals surface area contributed by atoms with Crippen molar-refractivity contribution in [3.05, 3.63) is 58.1 Å². The zero-order valence-electron chi connectivity index (χ0n) is 12.4. The van der Waals surface area contributed by atoms with Crippen LogP contribution in [0.15, 0.2) is 46.9 Å². The number of nitrogen functional groups attached to an aromatic ring is 1. The third kappa shape index (κ3) is 4.08. The summed E-state index contributed by atoms with van der Waals surface area (Å²) in [5.74, 6) is -0.175. The van der Waals surface area contributed by atoms with Crippen LogP contribution in [0.1, 0.15) is 36.7 Å². The third-order valence-electron chi connectivity index (χ3n) is 3.19. The van der Waals surface area contributed by atoms with Crippen LogP contribution in [0.2, 0.25) is 0 Å². The molecule has 110 valence electrons. The second kappa shape index (κ2) is 5.90. The topological polar surface area (TPSA) is 55.1 Å². The Morgan fingerprint density at radius 2 is 1.71 bits per heavy atom. The van der Waals surface area contributed by atoms with E-state index < -0.39 is 0 Å². The molecule has 0 fully saturated rings. The molecule has 0 spiro atoms. The lowest BCUT2D eigenvalue weighted by Gasteiger charge is -2.19. The first-order valence-electron chi connectivity index (χ1n) is 6.74. The van der Waals surface area contributed by atoms with E-state index in [-0.39, 0.29) is 11.3 Å². The van der Waals surface area contributed by atoms with Gasteiger partial charge in [0.1, 0.15) is 0 Å². The lowest BCUT2D eigenvalue weighted by atomic mass is 9.87. The van der Waals surface area contributed by atoms with Crippen molar-refractivity contribution in [2.24, 2.45) is 0 Å². The zero-order chi connectivity index (χ0) is 15.6. The summed E-state index contributed by atoms with van der Waals surface area (Å²) in [6.07, 6.45) is 0. The molecule has 21 heavy (non-hydrogen) atoms. The van der Waals surface area contributed by atoms with Crippen molar-refractivity contribution >= 4 is 33.2 Å². The fourth-order valence-corrected chi connectivity index (χ4v) is 2.51. The van der Waals surface area contributed by atoms with E-state index in [4.69, 9.17) is 5.73 Å². The van der Waals surface area contributed by atoms with Crippen molar-refractivity contribution in [2.75, 3.05) is 11.1 Å². The summed E-state index contributed by atoms with van der Waals surface area (Å²) in [4.78, 5) is 12.2. The largest absolute Gasteiger partial charge is 0.399 e.